The molecule has 7 heteroatoms. The second-order valence-corrected chi connectivity index (χ2v) is 6.93. The molecule has 27 heavy (non-hydrogen) atoms. The summed E-state index contributed by atoms with van der Waals surface area (Å²) >= 11 is 5.76. The largest absolute Gasteiger partial charge is 0.486 e. The zero-order chi connectivity index (χ0) is 19.6. The number of halogens is 2. The number of ether oxygens (including phenoxy) is 1. The van der Waals surface area contributed by atoms with Crippen molar-refractivity contribution in [2.75, 3.05) is 16.8 Å². The van der Waals surface area contributed by atoms with Gasteiger partial charge in [-0.15, -0.1) is 0 Å². The van der Waals surface area contributed by atoms with Gasteiger partial charge < -0.3 is 15.5 Å². The molecule has 2 amide bonds. The first-order valence-electron chi connectivity index (χ1n) is 8.77. The summed E-state index contributed by atoms with van der Waals surface area (Å²) in [6, 6.07) is 9.20. The van der Waals surface area contributed by atoms with Crippen molar-refractivity contribution in [1.29, 1.82) is 5.41 Å². The lowest BCUT2D eigenvalue weighted by atomic mass is 10.0. The van der Waals surface area contributed by atoms with Crippen molar-refractivity contribution in [3.63, 3.8) is 0 Å². The van der Waals surface area contributed by atoms with Gasteiger partial charge in [-0.25, -0.2) is 9.18 Å². The van der Waals surface area contributed by atoms with Crippen LogP contribution < -0.4 is 15.0 Å². The first kappa shape index (κ1) is 19.2. The fraction of sp³-hybridized carbons (Fsp3) is 0.300. The van der Waals surface area contributed by atoms with Gasteiger partial charge >= 0.3 is 6.03 Å². The first-order valence-corrected chi connectivity index (χ1v) is 9.15. The number of benzene rings is 2. The predicted octanol–water partition coefficient (Wildman–Crippen LogP) is 5.44. The molecule has 0 saturated carbocycles. The maximum Gasteiger partial charge on any atom is 0.326 e. The van der Waals surface area contributed by atoms with Crippen molar-refractivity contribution >= 4 is 35.2 Å². The van der Waals surface area contributed by atoms with Crippen molar-refractivity contribution < 1.29 is 13.9 Å². The molecule has 3 rings (SSSR count). The van der Waals surface area contributed by atoms with Gasteiger partial charge in [0.05, 0.1) is 17.9 Å². The third-order valence-corrected chi connectivity index (χ3v) is 4.84. The molecule has 1 heterocycles. The number of hydrogen-bond acceptors (Lipinski definition) is 3. The monoisotopic (exact) mass is 389 g/mol. The normalized spacial score (nSPS) is 16.9. The number of anilines is 2. The Labute approximate surface area is 162 Å². The number of nitrogens with zero attached hydrogens (tertiary/aromatic N) is 1. The standard InChI is InChI=1S/C20H21ClFN3O2/c1-3-15-11-25(20(26)24-17-6-5-14(21)9-16(17)22)18-7-4-13(12(2)10-23)8-19(18)27-15/h4-10,12,15,23H,3,11H2,1-2H3,(H,24,26). The highest BCUT2D eigenvalue weighted by molar-refractivity contribution is 6.30. The Kier molecular flexibility index (Phi) is 5.65. The number of urea groups is 1. The lowest BCUT2D eigenvalue weighted by molar-refractivity contribution is 0.188. The van der Waals surface area contributed by atoms with E-state index in [-0.39, 0.29) is 22.7 Å². The maximum atomic E-state index is 14.0. The number of carbonyl (C=O) groups is 1. The van der Waals surface area contributed by atoms with Gasteiger partial charge in [-0.2, -0.15) is 0 Å². The molecule has 1 aliphatic heterocycles. The minimum absolute atomic E-state index is 0.0497. The van der Waals surface area contributed by atoms with Crippen LogP contribution >= 0.6 is 11.6 Å². The molecule has 1 aliphatic rings. The van der Waals surface area contributed by atoms with E-state index >= 15 is 0 Å². The lowest BCUT2D eigenvalue weighted by Crippen LogP contribution is -2.45. The molecule has 0 fully saturated rings. The molecule has 5 nitrogen and oxygen atoms in total. The highest BCUT2D eigenvalue weighted by Crippen LogP contribution is 2.37. The molecule has 2 unspecified atom stereocenters. The van der Waals surface area contributed by atoms with Crippen LogP contribution in [0, 0.1) is 11.2 Å². The van der Waals surface area contributed by atoms with E-state index in [1.54, 1.807) is 11.0 Å². The molecule has 0 aliphatic carbocycles. The molecular formula is C20H21ClFN3O2. The highest BCUT2D eigenvalue weighted by atomic mass is 35.5. The summed E-state index contributed by atoms with van der Waals surface area (Å²) < 4.78 is 20.0. The minimum Gasteiger partial charge on any atom is -0.486 e. The van der Waals surface area contributed by atoms with Crippen LogP contribution in [0.2, 0.25) is 5.02 Å². The second kappa shape index (κ2) is 7.96. The van der Waals surface area contributed by atoms with Gasteiger partial charge in [0.15, 0.2) is 0 Å². The van der Waals surface area contributed by atoms with Gasteiger partial charge in [-0.05, 0) is 42.3 Å². The molecule has 0 saturated heterocycles. The zero-order valence-electron chi connectivity index (χ0n) is 15.1. The quantitative estimate of drug-likeness (QED) is 0.683. The van der Waals surface area contributed by atoms with E-state index in [0.717, 1.165) is 18.1 Å². The molecule has 2 aromatic rings. The van der Waals surface area contributed by atoms with E-state index in [9.17, 15) is 9.18 Å². The molecule has 142 valence electrons. The van der Waals surface area contributed by atoms with Gasteiger partial charge in [0, 0.05) is 17.2 Å². The van der Waals surface area contributed by atoms with Gasteiger partial charge in [0.25, 0.3) is 0 Å². The van der Waals surface area contributed by atoms with Crippen LogP contribution in [0.4, 0.5) is 20.6 Å². The highest BCUT2D eigenvalue weighted by Gasteiger charge is 2.30. The Morgan fingerprint density at radius 1 is 1.44 bits per heavy atom. The summed E-state index contributed by atoms with van der Waals surface area (Å²) in [5.41, 5.74) is 1.62. The van der Waals surface area contributed by atoms with Crippen molar-refractivity contribution in [1.82, 2.24) is 0 Å². The van der Waals surface area contributed by atoms with Crippen LogP contribution in [-0.4, -0.2) is 24.9 Å². The average molecular weight is 390 g/mol. The van der Waals surface area contributed by atoms with Gasteiger partial charge in [-0.1, -0.05) is 31.5 Å². The SMILES string of the molecule is CCC1CN(C(=O)Nc2ccc(Cl)cc2F)c2ccc(C(C)C=N)cc2O1. The summed E-state index contributed by atoms with van der Waals surface area (Å²) in [7, 11) is 0. The number of hydrogen-bond donors (Lipinski definition) is 2. The molecule has 0 aromatic heterocycles. The van der Waals surface area contributed by atoms with Gasteiger partial charge in [-0.3, -0.25) is 4.90 Å². The van der Waals surface area contributed by atoms with Crippen LogP contribution in [0.25, 0.3) is 0 Å². The van der Waals surface area contributed by atoms with E-state index in [1.165, 1.54) is 18.3 Å². The maximum absolute atomic E-state index is 14.0. The van der Waals surface area contributed by atoms with Crippen LogP contribution in [0.1, 0.15) is 31.7 Å². The third kappa shape index (κ3) is 4.06. The molecule has 0 spiro atoms. The Balaban J connectivity index is 1.91. The van der Waals surface area contributed by atoms with Gasteiger partial charge in [0.2, 0.25) is 0 Å². The molecule has 2 aromatic carbocycles. The number of carbonyl (C=O) groups excluding carboxylic acids is 1. The molecule has 2 N–H and O–H groups in total. The fourth-order valence-electron chi connectivity index (χ4n) is 2.92. The van der Waals surface area contributed by atoms with E-state index in [2.05, 4.69) is 5.32 Å². The fourth-order valence-corrected chi connectivity index (χ4v) is 3.08. The Morgan fingerprint density at radius 3 is 2.89 bits per heavy atom. The van der Waals surface area contributed by atoms with Crippen molar-refractivity contribution in [2.24, 2.45) is 0 Å². The summed E-state index contributed by atoms with van der Waals surface area (Å²) in [5, 5.41) is 10.3. The Hall–Kier alpha value is -2.60. The summed E-state index contributed by atoms with van der Waals surface area (Å²) in [6.07, 6.45) is 1.92. The van der Waals surface area contributed by atoms with Crippen molar-refractivity contribution in [2.45, 2.75) is 32.3 Å². The molecule has 0 radical (unpaired) electrons. The van der Waals surface area contributed by atoms with E-state index in [4.69, 9.17) is 21.7 Å². The second-order valence-electron chi connectivity index (χ2n) is 6.50. The van der Waals surface area contributed by atoms with E-state index < -0.39 is 11.8 Å². The van der Waals surface area contributed by atoms with Crippen molar-refractivity contribution in [3.05, 3.63) is 52.8 Å². The van der Waals surface area contributed by atoms with Gasteiger partial charge in [0.1, 0.15) is 17.7 Å². The molecule has 2 atom stereocenters. The number of fused-ring (bicyclic) bond motifs is 1. The van der Waals surface area contributed by atoms with Crippen LogP contribution in [0.5, 0.6) is 5.75 Å². The summed E-state index contributed by atoms with van der Waals surface area (Å²) in [5.74, 6) is -0.0519. The summed E-state index contributed by atoms with van der Waals surface area (Å²) in [4.78, 5) is 14.4. The number of amides is 2. The molecule has 0 bridgehead atoms. The van der Waals surface area contributed by atoms with Crippen molar-refractivity contribution in [3.8, 4) is 5.75 Å². The van der Waals surface area contributed by atoms with Crippen LogP contribution in [-0.2, 0) is 0 Å². The number of nitrogens with one attached hydrogen (secondary N) is 2. The lowest BCUT2D eigenvalue weighted by Gasteiger charge is -2.35. The summed E-state index contributed by atoms with van der Waals surface area (Å²) in [6.45, 7) is 4.27. The third-order valence-electron chi connectivity index (χ3n) is 4.60. The minimum atomic E-state index is -0.591. The zero-order valence-corrected chi connectivity index (χ0v) is 15.9. The first-order chi connectivity index (χ1) is 12.9. The van der Waals surface area contributed by atoms with Crippen LogP contribution in [0.15, 0.2) is 36.4 Å². The average Bonchev–Trinajstić information content (AvgIpc) is 2.67. The Morgan fingerprint density at radius 2 is 2.22 bits per heavy atom. The van der Waals surface area contributed by atoms with E-state index in [1.807, 2.05) is 26.0 Å². The predicted molar refractivity (Wildman–Crippen MR) is 106 cm³/mol. The Bertz CT molecular complexity index is 874. The smallest absolute Gasteiger partial charge is 0.326 e. The van der Waals surface area contributed by atoms with Crippen LogP contribution in [0.3, 0.4) is 0 Å². The number of rotatable bonds is 4. The molecular weight excluding hydrogens is 369 g/mol. The topological polar surface area (TPSA) is 65.4 Å². The van der Waals surface area contributed by atoms with E-state index in [0.29, 0.717) is 18.0 Å².